The number of hydrogen-bond acceptors (Lipinski definition) is 5. The van der Waals surface area contributed by atoms with Gasteiger partial charge in [0.2, 0.25) is 5.91 Å². The van der Waals surface area contributed by atoms with Crippen molar-refractivity contribution in [2.75, 3.05) is 5.32 Å². The minimum atomic E-state index is -0.538. The van der Waals surface area contributed by atoms with E-state index in [1.165, 1.54) is 18.2 Å². The quantitative estimate of drug-likeness (QED) is 0.438. The molecule has 0 fully saturated rings. The van der Waals surface area contributed by atoms with Crippen LogP contribution >= 0.6 is 11.6 Å². The molecule has 2 aromatic carbocycles. The summed E-state index contributed by atoms with van der Waals surface area (Å²) in [5.41, 5.74) is 1.74. The summed E-state index contributed by atoms with van der Waals surface area (Å²) >= 11 is 5.95. The molecule has 1 heterocycles. The molecule has 0 spiro atoms. The van der Waals surface area contributed by atoms with Gasteiger partial charge < -0.3 is 10.1 Å². The van der Waals surface area contributed by atoms with Crippen LogP contribution < -0.4 is 10.1 Å². The van der Waals surface area contributed by atoms with Crippen molar-refractivity contribution in [1.29, 1.82) is 0 Å². The summed E-state index contributed by atoms with van der Waals surface area (Å²) < 4.78 is 7.45. The lowest BCUT2D eigenvalue weighted by molar-refractivity contribution is -0.384. The number of non-ortho nitro benzene ring substituents is 1. The molecule has 0 atom stereocenters. The van der Waals surface area contributed by atoms with Crippen molar-refractivity contribution < 1.29 is 14.5 Å². The highest BCUT2D eigenvalue weighted by atomic mass is 35.5. The Morgan fingerprint density at radius 2 is 2.03 bits per heavy atom. The van der Waals surface area contributed by atoms with E-state index < -0.39 is 4.92 Å². The van der Waals surface area contributed by atoms with Gasteiger partial charge >= 0.3 is 0 Å². The van der Waals surface area contributed by atoms with E-state index >= 15 is 0 Å². The number of carbonyl (C=O) groups is 1. The fourth-order valence-electron chi connectivity index (χ4n) is 2.70. The zero-order valence-electron chi connectivity index (χ0n) is 15.9. The zero-order valence-corrected chi connectivity index (χ0v) is 16.6. The van der Waals surface area contributed by atoms with Crippen LogP contribution in [0.2, 0.25) is 5.02 Å². The van der Waals surface area contributed by atoms with Crippen LogP contribution in [0.3, 0.4) is 0 Å². The highest BCUT2D eigenvalue weighted by Crippen LogP contribution is 2.32. The van der Waals surface area contributed by atoms with Crippen molar-refractivity contribution in [3.8, 4) is 11.5 Å². The molecule has 0 radical (unpaired) electrons. The lowest BCUT2D eigenvalue weighted by atomic mass is 10.2. The summed E-state index contributed by atoms with van der Waals surface area (Å²) in [5, 5.41) is 18.7. The van der Waals surface area contributed by atoms with Crippen LogP contribution in [0.5, 0.6) is 11.5 Å². The van der Waals surface area contributed by atoms with Gasteiger partial charge in [0.15, 0.2) is 0 Å². The first kappa shape index (κ1) is 20.3. The summed E-state index contributed by atoms with van der Waals surface area (Å²) in [6.45, 7) is 4.09. The highest BCUT2D eigenvalue weighted by molar-refractivity contribution is 6.30. The van der Waals surface area contributed by atoms with Gasteiger partial charge in [-0.05, 0) is 43.7 Å². The number of rotatable bonds is 7. The molecule has 3 aromatic rings. The maximum atomic E-state index is 12.3. The van der Waals surface area contributed by atoms with E-state index in [0.29, 0.717) is 17.3 Å². The third kappa shape index (κ3) is 5.55. The topological polar surface area (TPSA) is 99.3 Å². The first-order chi connectivity index (χ1) is 13.8. The second-order valence-electron chi connectivity index (χ2n) is 6.50. The number of carbonyl (C=O) groups excluding carboxylic acids is 1. The van der Waals surface area contributed by atoms with Crippen molar-refractivity contribution in [2.45, 2.75) is 26.8 Å². The Bertz CT molecular complexity index is 1060. The summed E-state index contributed by atoms with van der Waals surface area (Å²) in [6, 6.07) is 11.1. The number of nitro groups is 1. The molecule has 1 amide bonds. The lowest BCUT2D eigenvalue weighted by Gasteiger charge is -2.11. The molecule has 0 saturated heterocycles. The maximum absolute atomic E-state index is 12.3. The third-order valence-corrected chi connectivity index (χ3v) is 4.33. The number of hydrogen-bond donors (Lipinski definition) is 1. The maximum Gasteiger partial charge on any atom is 0.275 e. The number of nitro benzene ring substituents is 1. The highest BCUT2D eigenvalue weighted by Gasteiger charge is 2.14. The number of anilines is 1. The van der Waals surface area contributed by atoms with Crippen molar-refractivity contribution in [3.05, 3.63) is 75.1 Å². The molecule has 0 unspecified atom stereocenters. The fraction of sp³-hybridized carbons (Fsp3) is 0.200. The smallest absolute Gasteiger partial charge is 0.275 e. The molecule has 0 aliphatic rings. The van der Waals surface area contributed by atoms with Crippen LogP contribution in [-0.4, -0.2) is 20.6 Å². The summed E-state index contributed by atoms with van der Waals surface area (Å²) in [7, 11) is 0. The second kappa shape index (κ2) is 8.74. The average Bonchev–Trinajstić information content (AvgIpc) is 3.07. The number of nitrogens with one attached hydrogen (secondary N) is 1. The van der Waals surface area contributed by atoms with E-state index in [1.807, 2.05) is 19.9 Å². The van der Waals surface area contributed by atoms with Crippen LogP contribution in [-0.2, 0) is 11.3 Å². The number of halogens is 1. The van der Waals surface area contributed by atoms with Crippen LogP contribution in [0.1, 0.15) is 17.7 Å². The molecule has 9 heteroatoms. The van der Waals surface area contributed by atoms with Crippen LogP contribution in [0.15, 0.2) is 48.7 Å². The summed E-state index contributed by atoms with van der Waals surface area (Å²) in [5.74, 6) is 0.469. The van der Waals surface area contributed by atoms with Crippen molar-refractivity contribution >= 4 is 28.9 Å². The van der Waals surface area contributed by atoms with Gasteiger partial charge in [0.25, 0.3) is 5.69 Å². The van der Waals surface area contributed by atoms with E-state index in [2.05, 4.69) is 10.4 Å². The lowest BCUT2D eigenvalue weighted by Crippen LogP contribution is -2.15. The largest absolute Gasteiger partial charge is 0.457 e. The van der Waals surface area contributed by atoms with Crippen molar-refractivity contribution in [3.63, 3.8) is 0 Å². The number of aromatic nitrogens is 2. The molecule has 3 rings (SSSR count). The SMILES string of the molecule is Cc1ccn(CCC(=O)Nc2cc(Oc3ccc(Cl)cc3C)cc([N+](=O)[O-])c2)n1. The molecule has 29 heavy (non-hydrogen) atoms. The predicted octanol–water partition coefficient (Wildman–Crippen LogP) is 4.88. The Labute approximate surface area is 172 Å². The Kier molecular flexibility index (Phi) is 6.13. The van der Waals surface area contributed by atoms with Crippen LogP contribution in [0, 0.1) is 24.0 Å². The molecule has 1 N–H and O–H groups in total. The van der Waals surface area contributed by atoms with Gasteiger partial charge in [-0.15, -0.1) is 0 Å². The number of aryl methyl sites for hydroxylation is 3. The van der Waals surface area contributed by atoms with E-state index in [0.717, 1.165) is 11.3 Å². The fourth-order valence-corrected chi connectivity index (χ4v) is 2.93. The molecular weight excluding hydrogens is 396 g/mol. The Balaban J connectivity index is 1.75. The molecule has 0 aliphatic carbocycles. The Morgan fingerprint density at radius 1 is 1.24 bits per heavy atom. The standard InChI is InChI=1S/C20H19ClN4O4/c1-13-9-15(21)3-4-19(13)29-18-11-16(10-17(12-18)25(27)28)22-20(26)6-8-24-7-5-14(2)23-24/h3-5,7,9-12H,6,8H2,1-2H3,(H,22,26). The molecule has 150 valence electrons. The van der Waals surface area contributed by atoms with E-state index in [4.69, 9.17) is 16.3 Å². The monoisotopic (exact) mass is 414 g/mol. The predicted molar refractivity (Wildman–Crippen MR) is 110 cm³/mol. The average molecular weight is 415 g/mol. The first-order valence-electron chi connectivity index (χ1n) is 8.83. The Morgan fingerprint density at radius 3 is 2.69 bits per heavy atom. The minimum absolute atomic E-state index is 0.177. The van der Waals surface area contributed by atoms with Gasteiger partial charge in [0.05, 0.1) is 22.4 Å². The minimum Gasteiger partial charge on any atom is -0.457 e. The van der Waals surface area contributed by atoms with Gasteiger partial charge in [0.1, 0.15) is 11.5 Å². The van der Waals surface area contributed by atoms with Gasteiger partial charge in [-0.2, -0.15) is 5.10 Å². The molecular formula is C20H19ClN4O4. The summed E-state index contributed by atoms with van der Waals surface area (Å²) in [4.78, 5) is 23.0. The Hall–Kier alpha value is -3.39. The van der Waals surface area contributed by atoms with Crippen LogP contribution in [0.25, 0.3) is 0 Å². The number of nitrogens with zero attached hydrogens (tertiary/aromatic N) is 3. The number of amides is 1. The van der Waals surface area contributed by atoms with Gasteiger partial charge in [0, 0.05) is 36.3 Å². The second-order valence-corrected chi connectivity index (χ2v) is 6.94. The molecule has 0 saturated carbocycles. The summed E-state index contributed by atoms with van der Waals surface area (Å²) in [6.07, 6.45) is 1.96. The van der Waals surface area contributed by atoms with E-state index in [-0.39, 0.29) is 29.5 Å². The third-order valence-electron chi connectivity index (χ3n) is 4.09. The van der Waals surface area contributed by atoms with Gasteiger partial charge in [-0.1, -0.05) is 11.6 Å². The van der Waals surface area contributed by atoms with Crippen molar-refractivity contribution in [2.24, 2.45) is 0 Å². The van der Waals surface area contributed by atoms with E-state index in [1.54, 1.807) is 29.1 Å². The molecule has 1 aromatic heterocycles. The molecule has 0 aliphatic heterocycles. The normalized spacial score (nSPS) is 10.6. The molecule has 0 bridgehead atoms. The number of benzene rings is 2. The van der Waals surface area contributed by atoms with E-state index in [9.17, 15) is 14.9 Å². The van der Waals surface area contributed by atoms with Crippen molar-refractivity contribution in [1.82, 2.24) is 9.78 Å². The number of ether oxygens (including phenoxy) is 1. The van der Waals surface area contributed by atoms with Gasteiger partial charge in [-0.3, -0.25) is 19.6 Å². The zero-order chi connectivity index (χ0) is 21.0. The first-order valence-corrected chi connectivity index (χ1v) is 9.21. The van der Waals surface area contributed by atoms with Gasteiger partial charge in [-0.25, -0.2) is 0 Å². The molecule has 8 nitrogen and oxygen atoms in total. The van der Waals surface area contributed by atoms with Crippen LogP contribution in [0.4, 0.5) is 11.4 Å².